The van der Waals surface area contributed by atoms with Crippen LogP contribution in [-0.2, 0) is 6.42 Å². The Morgan fingerprint density at radius 3 is 3.00 bits per heavy atom. The molecular formula is C8H7BrN2. The topological polar surface area (TPSA) is 36.7 Å². The van der Waals surface area contributed by atoms with E-state index in [1.165, 1.54) is 0 Å². The van der Waals surface area contributed by atoms with E-state index in [0.29, 0.717) is 6.42 Å². The highest BCUT2D eigenvalue weighted by Gasteiger charge is 1.97. The van der Waals surface area contributed by atoms with Crippen molar-refractivity contribution in [3.63, 3.8) is 0 Å². The molecule has 0 saturated carbocycles. The minimum Gasteiger partial charge on any atom is -0.260 e. The van der Waals surface area contributed by atoms with Crippen molar-refractivity contribution in [2.24, 2.45) is 0 Å². The van der Waals surface area contributed by atoms with E-state index in [4.69, 9.17) is 5.26 Å². The number of hydrogen-bond donors (Lipinski definition) is 0. The molecule has 0 radical (unpaired) electrons. The molecule has 0 N–H and O–H groups in total. The number of aryl methyl sites for hydroxylation is 1. The molecule has 0 aliphatic carbocycles. The van der Waals surface area contributed by atoms with E-state index in [2.05, 4.69) is 20.9 Å². The number of pyridine rings is 1. The third kappa shape index (κ3) is 2.02. The van der Waals surface area contributed by atoms with Gasteiger partial charge in [-0.25, -0.2) is 0 Å². The lowest BCUT2D eigenvalue weighted by Gasteiger charge is -1.97. The van der Waals surface area contributed by atoms with Crippen LogP contribution in [0.2, 0.25) is 0 Å². The van der Waals surface area contributed by atoms with Crippen molar-refractivity contribution in [2.75, 3.05) is 0 Å². The van der Waals surface area contributed by atoms with Gasteiger partial charge in [-0.3, -0.25) is 4.98 Å². The van der Waals surface area contributed by atoms with Crippen molar-refractivity contribution >= 4 is 15.9 Å². The average molecular weight is 211 g/mol. The summed E-state index contributed by atoms with van der Waals surface area (Å²) < 4.78 is 1.01. The van der Waals surface area contributed by atoms with E-state index in [0.717, 1.165) is 15.7 Å². The van der Waals surface area contributed by atoms with Crippen LogP contribution < -0.4 is 0 Å². The van der Waals surface area contributed by atoms with Gasteiger partial charge in [-0.05, 0) is 18.6 Å². The second kappa shape index (κ2) is 3.49. The molecule has 0 fully saturated rings. The highest BCUT2D eigenvalue weighted by atomic mass is 79.9. The predicted molar refractivity (Wildman–Crippen MR) is 46.0 cm³/mol. The van der Waals surface area contributed by atoms with Gasteiger partial charge >= 0.3 is 0 Å². The number of aromatic nitrogens is 1. The molecule has 0 aliphatic rings. The van der Waals surface area contributed by atoms with Crippen molar-refractivity contribution < 1.29 is 0 Å². The number of nitrogens with zero attached hydrogens (tertiary/aromatic N) is 2. The van der Waals surface area contributed by atoms with Gasteiger partial charge in [0.2, 0.25) is 0 Å². The summed E-state index contributed by atoms with van der Waals surface area (Å²) in [6, 6.07) is 3.92. The molecule has 1 aromatic heterocycles. The molecule has 0 aliphatic heterocycles. The van der Waals surface area contributed by atoms with E-state index < -0.39 is 0 Å². The zero-order chi connectivity index (χ0) is 8.27. The smallest absolute Gasteiger partial charge is 0.0775 e. The molecule has 1 heterocycles. The first-order valence-corrected chi connectivity index (χ1v) is 4.01. The fourth-order valence-electron chi connectivity index (χ4n) is 0.716. The predicted octanol–water partition coefficient (Wildman–Crippen LogP) is 2.22. The molecule has 11 heavy (non-hydrogen) atoms. The van der Waals surface area contributed by atoms with Gasteiger partial charge in [0.05, 0.1) is 18.2 Å². The monoisotopic (exact) mass is 210 g/mol. The van der Waals surface area contributed by atoms with Crippen LogP contribution in [0.1, 0.15) is 11.3 Å². The molecule has 0 unspecified atom stereocenters. The zero-order valence-corrected chi connectivity index (χ0v) is 7.72. The van der Waals surface area contributed by atoms with Crippen LogP contribution in [0.3, 0.4) is 0 Å². The zero-order valence-electron chi connectivity index (χ0n) is 6.13. The number of hydrogen-bond acceptors (Lipinski definition) is 2. The van der Waals surface area contributed by atoms with Crippen LogP contribution in [0.4, 0.5) is 0 Å². The maximum Gasteiger partial charge on any atom is 0.0775 e. The maximum absolute atomic E-state index is 8.37. The average Bonchev–Trinajstić information content (AvgIpc) is 1.98. The first kappa shape index (κ1) is 8.22. The molecule has 1 aromatic rings. The summed E-state index contributed by atoms with van der Waals surface area (Å²) in [6.07, 6.45) is 2.13. The fraction of sp³-hybridized carbons (Fsp3) is 0.250. The van der Waals surface area contributed by atoms with Gasteiger partial charge in [0.1, 0.15) is 0 Å². The first-order valence-electron chi connectivity index (χ1n) is 3.22. The Kier molecular flexibility index (Phi) is 2.61. The molecule has 0 bridgehead atoms. The highest BCUT2D eigenvalue weighted by Crippen LogP contribution is 2.15. The van der Waals surface area contributed by atoms with Crippen molar-refractivity contribution in [1.29, 1.82) is 5.26 Å². The van der Waals surface area contributed by atoms with Gasteiger partial charge in [-0.1, -0.05) is 15.9 Å². The van der Waals surface area contributed by atoms with Crippen molar-refractivity contribution in [3.8, 4) is 6.07 Å². The minimum absolute atomic E-state index is 0.374. The summed E-state index contributed by atoms with van der Waals surface area (Å²) in [4.78, 5) is 4.08. The van der Waals surface area contributed by atoms with Crippen molar-refractivity contribution in [2.45, 2.75) is 13.3 Å². The third-order valence-electron chi connectivity index (χ3n) is 1.35. The van der Waals surface area contributed by atoms with E-state index in [-0.39, 0.29) is 0 Å². The van der Waals surface area contributed by atoms with Gasteiger partial charge < -0.3 is 0 Å². The van der Waals surface area contributed by atoms with Gasteiger partial charge in [-0.2, -0.15) is 5.26 Å². The molecule has 1 rings (SSSR count). The summed E-state index contributed by atoms with van der Waals surface area (Å²) in [7, 11) is 0. The second-order valence-corrected chi connectivity index (χ2v) is 3.11. The van der Waals surface area contributed by atoms with Crippen LogP contribution in [0, 0.1) is 18.3 Å². The molecule has 2 nitrogen and oxygen atoms in total. The van der Waals surface area contributed by atoms with Crippen LogP contribution in [0.5, 0.6) is 0 Å². The lowest BCUT2D eigenvalue weighted by molar-refractivity contribution is 1.09. The van der Waals surface area contributed by atoms with Crippen LogP contribution in [-0.4, -0.2) is 4.98 Å². The number of rotatable bonds is 1. The normalized spacial score (nSPS) is 9.18. The molecule has 3 heteroatoms. The summed E-state index contributed by atoms with van der Waals surface area (Å²) in [5.41, 5.74) is 1.90. The Morgan fingerprint density at radius 2 is 2.45 bits per heavy atom. The minimum atomic E-state index is 0.374. The third-order valence-corrected chi connectivity index (χ3v) is 2.21. The standard InChI is InChI=1S/C8H7BrN2/c1-6-5-11-7(2-3-10)4-8(6)9/h4-5H,2H2,1H3. The Hall–Kier alpha value is -0.880. The molecule has 0 saturated heterocycles. The Morgan fingerprint density at radius 1 is 1.73 bits per heavy atom. The van der Waals surface area contributed by atoms with Gasteiger partial charge in [0.25, 0.3) is 0 Å². The van der Waals surface area contributed by atoms with Crippen molar-refractivity contribution in [1.82, 2.24) is 4.98 Å². The SMILES string of the molecule is Cc1cnc(CC#N)cc1Br. The molecule has 0 aromatic carbocycles. The molecular weight excluding hydrogens is 204 g/mol. The fourth-order valence-corrected chi connectivity index (χ4v) is 1.08. The Labute approximate surface area is 74.0 Å². The van der Waals surface area contributed by atoms with E-state index in [1.54, 1.807) is 6.20 Å². The summed E-state index contributed by atoms with van der Waals surface area (Å²) in [6.45, 7) is 1.97. The summed E-state index contributed by atoms with van der Waals surface area (Å²) >= 11 is 3.37. The quantitative estimate of drug-likeness (QED) is 0.713. The Balaban J connectivity index is 2.98. The van der Waals surface area contributed by atoms with E-state index in [1.807, 2.05) is 19.1 Å². The lowest BCUT2D eigenvalue weighted by Crippen LogP contribution is -1.88. The van der Waals surface area contributed by atoms with E-state index >= 15 is 0 Å². The lowest BCUT2D eigenvalue weighted by atomic mass is 10.2. The molecule has 0 spiro atoms. The highest BCUT2D eigenvalue weighted by molar-refractivity contribution is 9.10. The Bertz CT molecular complexity index is 301. The van der Waals surface area contributed by atoms with Gasteiger partial charge in [0.15, 0.2) is 0 Å². The second-order valence-electron chi connectivity index (χ2n) is 2.26. The summed E-state index contributed by atoms with van der Waals surface area (Å²) in [5.74, 6) is 0. The summed E-state index contributed by atoms with van der Waals surface area (Å²) in [5, 5.41) is 8.37. The number of nitriles is 1. The van der Waals surface area contributed by atoms with Crippen LogP contribution >= 0.6 is 15.9 Å². The van der Waals surface area contributed by atoms with Crippen LogP contribution in [0.15, 0.2) is 16.7 Å². The molecule has 56 valence electrons. The number of halogens is 1. The van der Waals surface area contributed by atoms with Gasteiger partial charge in [0, 0.05) is 10.7 Å². The molecule has 0 atom stereocenters. The van der Waals surface area contributed by atoms with E-state index in [9.17, 15) is 0 Å². The maximum atomic E-state index is 8.37. The first-order chi connectivity index (χ1) is 5.24. The largest absolute Gasteiger partial charge is 0.260 e. The molecule has 0 amide bonds. The van der Waals surface area contributed by atoms with Crippen molar-refractivity contribution in [3.05, 3.63) is 28.0 Å². The van der Waals surface area contributed by atoms with Crippen LogP contribution in [0.25, 0.3) is 0 Å². The van der Waals surface area contributed by atoms with Gasteiger partial charge in [-0.15, -0.1) is 0 Å².